The first-order valence-electron chi connectivity index (χ1n) is 5.18. The van der Waals surface area contributed by atoms with Crippen LogP contribution < -0.4 is 5.32 Å². The number of thiol groups is 1. The summed E-state index contributed by atoms with van der Waals surface area (Å²) in [6.45, 7) is 1.82. The third-order valence-electron chi connectivity index (χ3n) is 2.21. The van der Waals surface area contributed by atoms with Gasteiger partial charge in [0.05, 0.1) is 5.56 Å². The fraction of sp³-hybridized carbons (Fsp3) is 0.364. The molecule has 17 heavy (non-hydrogen) atoms. The minimum absolute atomic E-state index is 0.247. The maximum absolute atomic E-state index is 11.8. The number of nitrogens with one attached hydrogen (secondary N) is 1. The molecule has 1 aromatic rings. The first-order valence-corrected chi connectivity index (χ1v) is 5.62. The number of amides is 1. The summed E-state index contributed by atoms with van der Waals surface area (Å²) in [5, 5.41) is 11.4. The Kier molecular flexibility index (Phi) is 4.51. The molecule has 5 nitrogen and oxygen atoms in total. The van der Waals surface area contributed by atoms with Gasteiger partial charge in [-0.2, -0.15) is 0 Å². The first kappa shape index (κ1) is 13.5. The maximum Gasteiger partial charge on any atom is 0.339 e. The summed E-state index contributed by atoms with van der Waals surface area (Å²) in [6.07, 6.45) is 3.76. The molecule has 0 fully saturated rings. The van der Waals surface area contributed by atoms with Crippen molar-refractivity contribution in [1.82, 2.24) is 10.3 Å². The Morgan fingerprint density at radius 3 is 2.76 bits per heavy atom. The third kappa shape index (κ3) is 3.45. The van der Waals surface area contributed by atoms with Crippen LogP contribution in [0.4, 0.5) is 0 Å². The van der Waals surface area contributed by atoms with E-state index < -0.39 is 16.7 Å². The van der Waals surface area contributed by atoms with Crippen molar-refractivity contribution < 1.29 is 14.7 Å². The first-order chi connectivity index (χ1) is 7.99. The smallest absolute Gasteiger partial charge is 0.339 e. The van der Waals surface area contributed by atoms with Crippen LogP contribution in [-0.4, -0.2) is 26.8 Å². The fourth-order valence-electron chi connectivity index (χ4n) is 1.34. The van der Waals surface area contributed by atoms with Gasteiger partial charge in [0.2, 0.25) is 0 Å². The van der Waals surface area contributed by atoms with E-state index in [1.807, 2.05) is 6.92 Å². The van der Waals surface area contributed by atoms with E-state index in [4.69, 9.17) is 5.11 Å². The van der Waals surface area contributed by atoms with Gasteiger partial charge >= 0.3 is 5.97 Å². The molecule has 1 aromatic heterocycles. The molecule has 1 amide bonds. The zero-order valence-electron chi connectivity index (χ0n) is 9.38. The Bertz CT molecular complexity index is 410. The molecule has 0 aliphatic rings. The monoisotopic (exact) mass is 254 g/mol. The molecule has 0 aliphatic heterocycles. The van der Waals surface area contributed by atoms with Crippen LogP contribution in [-0.2, 0) is 4.79 Å². The largest absolute Gasteiger partial charge is 0.479 e. The number of pyridine rings is 1. The summed E-state index contributed by atoms with van der Waals surface area (Å²) in [6, 6.07) is 3.17. The number of nitrogens with zero attached hydrogens (tertiary/aromatic N) is 1. The molecule has 0 saturated carbocycles. The lowest BCUT2D eigenvalue weighted by molar-refractivity contribution is -0.140. The standard InChI is InChI=1S/C11H14N2O3S/c1-2-5-11(17,10(15)16)13-9(14)8-4-3-6-12-7-8/h3-4,6-7,17H,2,5H2,1H3,(H,13,14)(H,15,16). The summed E-state index contributed by atoms with van der Waals surface area (Å²) in [5.74, 6) is -1.66. The predicted octanol–water partition coefficient (Wildman–Crippen LogP) is 1.32. The molecule has 0 aliphatic carbocycles. The van der Waals surface area contributed by atoms with Crippen molar-refractivity contribution in [3.05, 3.63) is 30.1 Å². The van der Waals surface area contributed by atoms with Gasteiger partial charge < -0.3 is 10.4 Å². The molecule has 2 N–H and O–H groups in total. The molecule has 1 heterocycles. The SMILES string of the molecule is CCCC(S)(NC(=O)c1cccnc1)C(=O)O. The van der Waals surface area contributed by atoms with Crippen LogP contribution in [0.5, 0.6) is 0 Å². The molecule has 0 saturated heterocycles. The van der Waals surface area contributed by atoms with Crippen LogP contribution in [0.3, 0.4) is 0 Å². The van der Waals surface area contributed by atoms with Crippen molar-refractivity contribution in [2.24, 2.45) is 0 Å². The summed E-state index contributed by atoms with van der Waals surface area (Å²) < 4.78 is 0. The average molecular weight is 254 g/mol. The van der Waals surface area contributed by atoms with Crippen LogP contribution in [0, 0.1) is 0 Å². The molecule has 0 bridgehead atoms. The second-order valence-electron chi connectivity index (χ2n) is 3.61. The Morgan fingerprint density at radius 2 is 2.29 bits per heavy atom. The Labute approximate surface area is 105 Å². The molecule has 1 unspecified atom stereocenters. The number of hydrogen-bond donors (Lipinski definition) is 3. The van der Waals surface area contributed by atoms with Crippen molar-refractivity contribution in [3.8, 4) is 0 Å². The Morgan fingerprint density at radius 1 is 1.59 bits per heavy atom. The van der Waals surface area contributed by atoms with Gasteiger partial charge in [0.25, 0.3) is 5.91 Å². The van der Waals surface area contributed by atoms with E-state index in [2.05, 4.69) is 22.9 Å². The minimum atomic E-state index is -1.54. The van der Waals surface area contributed by atoms with Gasteiger partial charge in [-0.25, -0.2) is 4.79 Å². The number of carboxylic acid groups (broad SMARTS) is 1. The second kappa shape index (κ2) is 5.67. The predicted molar refractivity (Wildman–Crippen MR) is 66.0 cm³/mol. The number of hydrogen-bond acceptors (Lipinski definition) is 4. The van der Waals surface area contributed by atoms with E-state index in [0.717, 1.165) is 0 Å². The molecule has 92 valence electrons. The van der Waals surface area contributed by atoms with E-state index in [1.165, 1.54) is 12.4 Å². The van der Waals surface area contributed by atoms with Crippen molar-refractivity contribution in [2.45, 2.75) is 24.6 Å². The van der Waals surface area contributed by atoms with E-state index in [-0.39, 0.29) is 6.42 Å². The normalized spacial score (nSPS) is 13.8. The highest BCUT2D eigenvalue weighted by Gasteiger charge is 2.35. The van der Waals surface area contributed by atoms with E-state index in [9.17, 15) is 9.59 Å². The molecule has 1 rings (SSSR count). The third-order valence-corrected chi connectivity index (χ3v) is 2.74. The molecular formula is C11H14N2O3S. The quantitative estimate of drug-likeness (QED) is 0.547. The molecule has 0 spiro atoms. The number of rotatable bonds is 5. The van der Waals surface area contributed by atoms with Crippen molar-refractivity contribution in [2.75, 3.05) is 0 Å². The zero-order valence-corrected chi connectivity index (χ0v) is 10.3. The minimum Gasteiger partial charge on any atom is -0.479 e. The summed E-state index contributed by atoms with van der Waals surface area (Å²) in [4.78, 5) is 25.1. The van der Waals surface area contributed by atoms with Gasteiger partial charge in [0.15, 0.2) is 4.87 Å². The second-order valence-corrected chi connectivity index (χ2v) is 4.37. The Balaban J connectivity index is 2.82. The van der Waals surface area contributed by atoms with Crippen LogP contribution >= 0.6 is 12.6 Å². The van der Waals surface area contributed by atoms with Crippen molar-refractivity contribution in [1.29, 1.82) is 0 Å². The van der Waals surface area contributed by atoms with Gasteiger partial charge in [-0.3, -0.25) is 9.78 Å². The van der Waals surface area contributed by atoms with Crippen molar-refractivity contribution in [3.63, 3.8) is 0 Å². The van der Waals surface area contributed by atoms with Crippen LogP contribution in [0.1, 0.15) is 30.1 Å². The fourth-order valence-corrected chi connectivity index (χ4v) is 1.67. The van der Waals surface area contributed by atoms with E-state index in [0.29, 0.717) is 12.0 Å². The summed E-state index contributed by atoms with van der Waals surface area (Å²) in [7, 11) is 0. The van der Waals surface area contributed by atoms with E-state index in [1.54, 1.807) is 12.1 Å². The average Bonchev–Trinajstić information content (AvgIpc) is 2.30. The Hall–Kier alpha value is -1.56. The molecule has 0 radical (unpaired) electrons. The van der Waals surface area contributed by atoms with Crippen LogP contribution in [0.15, 0.2) is 24.5 Å². The van der Waals surface area contributed by atoms with Crippen LogP contribution in [0.25, 0.3) is 0 Å². The lowest BCUT2D eigenvalue weighted by Gasteiger charge is -2.24. The molecule has 6 heteroatoms. The highest BCUT2D eigenvalue weighted by Crippen LogP contribution is 2.18. The lowest BCUT2D eigenvalue weighted by atomic mass is 10.1. The zero-order chi connectivity index (χ0) is 12.9. The van der Waals surface area contributed by atoms with Gasteiger partial charge in [-0.15, -0.1) is 12.6 Å². The number of carboxylic acids is 1. The molecule has 1 atom stereocenters. The maximum atomic E-state index is 11.8. The number of aliphatic carboxylic acids is 1. The van der Waals surface area contributed by atoms with Gasteiger partial charge in [-0.1, -0.05) is 13.3 Å². The molecular weight excluding hydrogens is 240 g/mol. The highest BCUT2D eigenvalue weighted by molar-refractivity contribution is 7.82. The summed E-state index contributed by atoms with van der Waals surface area (Å²) in [5.41, 5.74) is 0.309. The topological polar surface area (TPSA) is 79.3 Å². The number of carbonyl (C=O) groups is 2. The lowest BCUT2D eigenvalue weighted by Crippen LogP contribution is -2.50. The number of carbonyl (C=O) groups excluding carboxylic acids is 1. The van der Waals surface area contributed by atoms with Crippen molar-refractivity contribution >= 4 is 24.5 Å². The summed E-state index contributed by atoms with van der Waals surface area (Å²) >= 11 is 4.03. The highest BCUT2D eigenvalue weighted by atomic mass is 32.1. The number of aromatic nitrogens is 1. The van der Waals surface area contributed by atoms with Gasteiger partial charge in [0.1, 0.15) is 0 Å². The van der Waals surface area contributed by atoms with E-state index >= 15 is 0 Å². The molecule has 0 aromatic carbocycles. The van der Waals surface area contributed by atoms with Crippen LogP contribution in [0.2, 0.25) is 0 Å². The van der Waals surface area contributed by atoms with Gasteiger partial charge in [-0.05, 0) is 18.6 Å². The van der Waals surface area contributed by atoms with Gasteiger partial charge in [0, 0.05) is 12.4 Å².